The highest BCUT2D eigenvalue weighted by Crippen LogP contribution is 2.19. The smallest absolute Gasteiger partial charge is 0.0916 e. The molecule has 0 bridgehead atoms. The van der Waals surface area contributed by atoms with E-state index in [1.165, 1.54) is 5.56 Å². The number of benzene rings is 1. The van der Waals surface area contributed by atoms with Gasteiger partial charge in [0, 0.05) is 26.3 Å². The van der Waals surface area contributed by atoms with E-state index >= 15 is 0 Å². The van der Waals surface area contributed by atoms with Crippen molar-refractivity contribution < 1.29 is 9.84 Å². The Balaban J connectivity index is 1.80. The van der Waals surface area contributed by atoms with Crippen LogP contribution in [0.2, 0.25) is 0 Å². The molecule has 1 heterocycles. The van der Waals surface area contributed by atoms with Crippen molar-refractivity contribution in [2.45, 2.75) is 38.7 Å². The average molecular weight is 291 g/mol. The normalized spacial score (nSPS) is 18.1. The van der Waals surface area contributed by atoms with Crippen LogP contribution in [0.3, 0.4) is 0 Å². The van der Waals surface area contributed by atoms with Gasteiger partial charge >= 0.3 is 0 Å². The molecule has 1 aromatic carbocycles. The number of rotatable bonds is 7. The zero-order chi connectivity index (χ0) is 15.1. The number of hydrogen-bond donors (Lipinski definition) is 1. The van der Waals surface area contributed by atoms with E-state index in [1.807, 2.05) is 0 Å². The van der Waals surface area contributed by atoms with Gasteiger partial charge in [-0.2, -0.15) is 0 Å². The van der Waals surface area contributed by atoms with Gasteiger partial charge in [-0.25, -0.2) is 0 Å². The second-order valence-corrected chi connectivity index (χ2v) is 6.28. The Hall–Kier alpha value is -0.900. The second-order valence-electron chi connectivity index (χ2n) is 6.28. The fourth-order valence-corrected chi connectivity index (χ4v) is 3.04. The fourth-order valence-electron chi connectivity index (χ4n) is 3.04. The van der Waals surface area contributed by atoms with Gasteiger partial charge in [-0.15, -0.1) is 0 Å². The Morgan fingerprint density at radius 1 is 1.24 bits per heavy atom. The summed E-state index contributed by atoms with van der Waals surface area (Å²) in [5, 5.41) is 10.4. The van der Waals surface area contributed by atoms with Crippen molar-refractivity contribution in [1.82, 2.24) is 4.90 Å². The summed E-state index contributed by atoms with van der Waals surface area (Å²) in [6.07, 6.45) is 4.17. The summed E-state index contributed by atoms with van der Waals surface area (Å²) in [5.74, 6) is 0.711. The lowest BCUT2D eigenvalue weighted by molar-refractivity contribution is 0.0478. The molecule has 1 aliphatic rings. The molecule has 1 N–H and O–H groups in total. The molecular weight excluding hydrogens is 262 g/mol. The monoisotopic (exact) mass is 291 g/mol. The second kappa shape index (κ2) is 8.52. The first-order valence-electron chi connectivity index (χ1n) is 8.22. The van der Waals surface area contributed by atoms with Crippen molar-refractivity contribution in [3.05, 3.63) is 35.4 Å². The number of aryl methyl sites for hydroxylation is 1. The Morgan fingerprint density at radius 2 is 1.90 bits per heavy atom. The standard InChI is InChI=1S/C18H29NO2/c1-3-4-15-5-7-17(8-6-15)18(20)14-19(2)13-16-9-11-21-12-10-16/h5-8,16,18,20H,3-4,9-14H2,1-2H3. The van der Waals surface area contributed by atoms with Crippen molar-refractivity contribution in [3.8, 4) is 0 Å². The molecule has 1 fully saturated rings. The first-order valence-corrected chi connectivity index (χ1v) is 8.22. The number of aliphatic hydroxyl groups excluding tert-OH is 1. The molecule has 0 saturated carbocycles. The first kappa shape index (κ1) is 16.5. The molecular formula is C18H29NO2. The molecule has 2 rings (SSSR count). The molecule has 3 heteroatoms. The molecule has 1 aliphatic heterocycles. The lowest BCUT2D eigenvalue weighted by Gasteiger charge is -2.28. The van der Waals surface area contributed by atoms with E-state index in [4.69, 9.17) is 4.74 Å². The highest BCUT2D eigenvalue weighted by Gasteiger charge is 2.17. The molecule has 21 heavy (non-hydrogen) atoms. The quantitative estimate of drug-likeness (QED) is 0.838. The maximum atomic E-state index is 10.4. The van der Waals surface area contributed by atoms with Gasteiger partial charge in [0.2, 0.25) is 0 Å². The molecule has 1 atom stereocenters. The lowest BCUT2D eigenvalue weighted by Crippen LogP contribution is -2.32. The molecule has 0 amide bonds. The van der Waals surface area contributed by atoms with Crippen LogP contribution in [0.4, 0.5) is 0 Å². The number of hydrogen-bond acceptors (Lipinski definition) is 3. The number of aliphatic hydroxyl groups is 1. The minimum absolute atomic E-state index is 0.398. The van der Waals surface area contributed by atoms with Crippen LogP contribution in [0.25, 0.3) is 0 Å². The van der Waals surface area contributed by atoms with Crippen LogP contribution < -0.4 is 0 Å². The van der Waals surface area contributed by atoms with Gasteiger partial charge in [0.15, 0.2) is 0 Å². The van der Waals surface area contributed by atoms with Crippen LogP contribution >= 0.6 is 0 Å². The number of ether oxygens (including phenoxy) is 1. The Kier molecular flexibility index (Phi) is 6.68. The Morgan fingerprint density at radius 3 is 2.52 bits per heavy atom. The van der Waals surface area contributed by atoms with Crippen LogP contribution in [0.5, 0.6) is 0 Å². The van der Waals surface area contributed by atoms with E-state index in [0.29, 0.717) is 12.5 Å². The topological polar surface area (TPSA) is 32.7 Å². The van der Waals surface area contributed by atoms with Crippen molar-refractivity contribution in [3.63, 3.8) is 0 Å². The number of likely N-dealkylation sites (N-methyl/N-ethyl adjacent to an activating group) is 1. The molecule has 3 nitrogen and oxygen atoms in total. The van der Waals surface area contributed by atoms with Gasteiger partial charge in [-0.05, 0) is 43.4 Å². The number of nitrogens with zero attached hydrogens (tertiary/aromatic N) is 1. The van der Waals surface area contributed by atoms with Crippen LogP contribution in [-0.4, -0.2) is 43.4 Å². The van der Waals surface area contributed by atoms with E-state index in [-0.39, 0.29) is 0 Å². The Labute approximate surface area is 128 Å². The fraction of sp³-hybridized carbons (Fsp3) is 0.667. The van der Waals surface area contributed by atoms with Crippen LogP contribution in [0.15, 0.2) is 24.3 Å². The molecule has 1 aromatic rings. The summed E-state index contributed by atoms with van der Waals surface area (Å²) in [6.45, 7) is 5.72. The predicted octanol–water partition coefficient (Wildman–Crippen LogP) is 3.03. The molecule has 1 unspecified atom stereocenters. The summed E-state index contributed by atoms with van der Waals surface area (Å²) in [5.41, 5.74) is 2.37. The molecule has 1 saturated heterocycles. The van der Waals surface area contributed by atoms with Crippen LogP contribution in [0, 0.1) is 5.92 Å². The van der Waals surface area contributed by atoms with E-state index in [2.05, 4.69) is 43.1 Å². The first-order chi connectivity index (χ1) is 10.2. The van der Waals surface area contributed by atoms with Gasteiger partial charge in [-0.1, -0.05) is 37.6 Å². The third-order valence-corrected chi connectivity index (χ3v) is 4.30. The summed E-state index contributed by atoms with van der Waals surface area (Å²) in [4.78, 5) is 2.25. The lowest BCUT2D eigenvalue weighted by atomic mass is 9.99. The average Bonchev–Trinajstić information content (AvgIpc) is 2.49. The minimum atomic E-state index is -0.398. The highest BCUT2D eigenvalue weighted by molar-refractivity contribution is 5.24. The zero-order valence-corrected chi connectivity index (χ0v) is 13.4. The molecule has 0 aromatic heterocycles. The third-order valence-electron chi connectivity index (χ3n) is 4.30. The van der Waals surface area contributed by atoms with E-state index in [9.17, 15) is 5.11 Å². The third kappa shape index (κ3) is 5.42. The minimum Gasteiger partial charge on any atom is -0.387 e. The predicted molar refractivity (Wildman–Crippen MR) is 86.4 cm³/mol. The van der Waals surface area contributed by atoms with Gasteiger partial charge < -0.3 is 14.7 Å². The molecule has 0 aliphatic carbocycles. The summed E-state index contributed by atoms with van der Waals surface area (Å²) in [7, 11) is 2.10. The zero-order valence-electron chi connectivity index (χ0n) is 13.4. The molecule has 0 spiro atoms. The van der Waals surface area contributed by atoms with Crippen molar-refractivity contribution in [2.24, 2.45) is 5.92 Å². The van der Waals surface area contributed by atoms with E-state index in [1.54, 1.807) is 0 Å². The summed E-state index contributed by atoms with van der Waals surface area (Å²) < 4.78 is 5.39. The van der Waals surface area contributed by atoms with E-state index in [0.717, 1.165) is 51.0 Å². The maximum Gasteiger partial charge on any atom is 0.0916 e. The molecule has 0 radical (unpaired) electrons. The van der Waals surface area contributed by atoms with Crippen molar-refractivity contribution in [1.29, 1.82) is 0 Å². The summed E-state index contributed by atoms with van der Waals surface area (Å²) >= 11 is 0. The van der Waals surface area contributed by atoms with Gasteiger partial charge in [0.1, 0.15) is 0 Å². The van der Waals surface area contributed by atoms with Gasteiger partial charge in [-0.3, -0.25) is 0 Å². The van der Waals surface area contributed by atoms with E-state index < -0.39 is 6.10 Å². The summed E-state index contributed by atoms with van der Waals surface area (Å²) in [6, 6.07) is 8.41. The largest absolute Gasteiger partial charge is 0.387 e. The SMILES string of the molecule is CCCc1ccc(C(O)CN(C)CC2CCOCC2)cc1. The van der Waals surface area contributed by atoms with Gasteiger partial charge in [0.05, 0.1) is 6.10 Å². The van der Waals surface area contributed by atoms with Crippen molar-refractivity contribution in [2.75, 3.05) is 33.4 Å². The van der Waals surface area contributed by atoms with Gasteiger partial charge in [0.25, 0.3) is 0 Å². The van der Waals surface area contributed by atoms with Crippen LogP contribution in [-0.2, 0) is 11.2 Å². The highest BCUT2D eigenvalue weighted by atomic mass is 16.5. The molecule has 118 valence electrons. The van der Waals surface area contributed by atoms with Crippen LogP contribution in [0.1, 0.15) is 43.4 Å². The Bertz CT molecular complexity index is 398. The van der Waals surface area contributed by atoms with Crippen molar-refractivity contribution >= 4 is 0 Å². The maximum absolute atomic E-state index is 10.4.